The zero-order chi connectivity index (χ0) is 12.5. The van der Waals surface area contributed by atoms with Crippen LogP contribution in [0.1, 0.15) is 4.88 Å². The molecule has 0 spiro atoms. The summed E-state index contributed by atoms with van der Waals surface area (Å²) >= 11 is 1.66. The standard InChI is InChI=1S/C15H12FNS/c16-14-7-6-13(11-3-1-2-4-12(11)14)15-8-5-10(9-17)18-15/h1-8H,9,17H2. The van der Waals surface area contributed by atoms with E-state index in [0.29, 0.717) is 11.9 Å². The van der Waals surface area contributed by atoms with Gasteiger partial charge < -0.3 is 5.73 Å². The lowest BCUT2D eigenvalue weighted by Gasteiger charge is -2.05. The summed E-state index contributed by atoms with van der Waals surface area (Å²) in [6.07, 6.45) is 0. The summed E-state index contributed by atoms with van der Waals surface area (Å²) < 4.78 is 13.7. The van der Waals surface area contributed by atoms with Crippen LogP contribution in [0.5, 0.6) is 0 Å². The minimum Gasteiger partial charge on any atom is -0.326 e. The Balaban J connectivity index is 2.26. The molecular weight excluding hydrogens is 245 g/mol. The maximum Gasteiger partial charge on any atom is 0.131 e. The Bertz CT molecular complexity index is 703. The highest BCUT2D eigenvalue weighted by atomic mass is 32.1. The van der Waals surface area contributed by atoms with Gasteiger partial charge in [-0.15, -0.1) is 11.3 Å². The third-order valence-electron chi connectivity index (χ3n) is 3.00. The van der Waals surface area contributed by atoms with Crippen molar-refractivity contribution in [2.24, 2.45) is 5.73 Å². The quantitative estimate of drug-likeness (QED) is 0.732. The van der Waals surface area contributed by atoms with Crippen molar-refractivity contribution in [3.8, 4) is 10.4 Å². The van der Waals surface area contributed by atoms with Crippen molar-refractivity contribution in [2.75, 3.05) is 0 Å². The first-order chi connectivity index (χ1) is 8.79. The van der Waals surface area contributed by atoms with Gasteiger partial charge in [0.05, 0.1) is 0 Å². The molecular formula is C15H12FNS. The summed E-state index contributed by atoms with van der Waals surface area (Å²) in [5.74, 6) is -0.176. The number of benzene rings is 2. The molecule has 2 aromatic carbocycles. The Morgan fingerprint density at radius 1 is 0.944 bits per heavy atom. The fourth-order valence-corrected chi connectivity index (χ4v) is 3.04. The number of hydrogen-bond acceptors (Lipinski definition) is 2. The number of fused-ring (bicyclic) bond motifs is 1. The second-order valence-electron chi connectivity index (χ2n) is 4.11. The summed E-state index contributed by atoms with van der Waals surface area (Å²) in [5.41, 5.74) is 6.69. The summed E-state index contributed by atoms with van der Waals surface area (Å²) in [6, 6.07) is 15.0. The van der Waals surface area contributed by atoms with E-state index in [1.54, 1.807) is 11.3 Å². The fraction of sp³-hybridized carbons (Fsp3) is 0.0667. The molecule has 0 bridgehead atoms. The normalized spacial score (nSPS) is 11.0. The molecule has 3 heteroatoms. The molecule has 0 aliphatic rings. The minimum atomic E-state index is -0.176. The van der Waals surface area contributed by atoms with Crippen LogP contribution in [0.2, 0.25) is 0 Å². The molecule has 0 aliphatic heterocycles. The highest BCUT2D eigenvalue weighted by Crippen LogP contribution is 2.34. The molecule has 18 heavy (non-hydrogen) atoms. The van der Waals surface area contributed by atoms with Crippen LogP contribution in [0.3, 0.4) is 0 Å². The van der Waals surface area contributed by atoms with Gasteiger partial charge >= 0.3 is 0 Å². The molecule has 0 amide bonds. The number of rotatable bonds is 2. The second-order valence-corrected chi connectivity index (χ2v) is 5.28. The molecule has 1 heterocycles. The summed E-state index contributed by atoms with van der Waals surface area (Å²) in [5, 5.41) is 1.61. The van der Waals surface area contributed by atoms with Gasteiger partial charge in [-0.05, 0) is 29.1 Å². The van der Waals surface area contributed by atoms with Crippen molar-refractivity contribution < 1.29 is 4.39 Å². The second kappa shape index (κ2) is 4.52. The molecule has 3 aromatic rings. The Labute approximate surface area is 109 Å². The van der Waals surface area contributed by atoms with Gasteiger partial charge in [0.15, 0.2) is 0 Å². The molecule has 1 aromatic heterocycles. The first kappa shape index (κ1) is 11.4. The molecule has 90 valence electrons. The van der Waals surface area contributed by atoms with Crippen LogP contribution in [0.25, 0.3) is 21.2 Å². The smallest absolute Gasteiger partial charge is 0.131 e. The largest absolute Gasteiger partial charge is 0.326 e. The topological polar surface area (TPSA) is 26.0 Å². The Morgan fingerprint density at radius 3 is 2.44 bits per heavy atom. The lowest BCUT2D eigenvalue weighted by atomic mass is 10.0. The number of hydrogen-bond donors (Lipinski definition) is 1. The lowest BCUT2D eigenvalue weighted by molar-refractivity contribution is 0.640. The predicted octanol–water partition coefficient (Wildman–Crippen LogP) is 4.17. The van der Waals surface area contributed by atoms with Crippen LogP contribution in [-0.2, 0) is 6.54 Å². The maximum absolute atomic E-state index is 13.7. The molecule has 0 saturated carbocycles. The third kappa shape index (κ3) is 1.82. The van der Waals surface area contributed by atoms with Crippen molar-refractivity contribution in [2.45, 2.75) is 6.54 Å². The number of halogens is 1. The molecule has 1 nitrogen and oxygen atoms in total. The van der Waals surface area contributed by atoms with E-state index in [2.05, 4.69) is 0 Å². The molecule has 0 radical (unpaired) electrons. The Hall–Kier alpha value is -1.71. The van der Waals surface area contributed by atoms with E-state index in [1.165, 1.54) is 6.07 Å². The van der Waals surface area contributed by atoms with Crippen molar-refractivity contribution in [1.29, 1.82) is 0 Å². The number of thiophene rings is 1. The van der Waals surface area contributed by atoms with Crippen molar-refractivity contribution in [3.63, 3.8) is 0 Å². The van der Waals surface area contributed by atoms with Crippen LogP contribution in [0.4, 0.5) is 4.39 Å². The van der Waals surface area contributed by atoms with E-state index in [0.717, 1.165) is 20.7 Å². The zero-order valence-corrected chi connectivity index (χ0v) is 10.5. The van der Waals surface area contributed by atoms with Crippen molar-refractivity contribution >= 4 is 22.1 Å². The number of nitrogens with two attached hydrogens (primary N) is 1. The predicted molar refractivity (Wildman–Crippen MR) is 75.1 cm³/mol. The van der Waals surface area contributed by atoms with Gasteiger partial charge in [0.25, 0.3) is 0 Å². The highest BCUT2D eigenvalue weighted by molar-refractivity contribution is 7.15. The Kier molecular flexibility index (Phi) is 2.86. The van der Waals surface area contributed by atoms with E-state index in [4.69, 9.17) is 5.73 Å². The maximum atomic E-state index is 13.7. The summed E-state index contributed by atoms with van der Waals surface area (Å²) in [4.78, 5) is 2.27. The molecule has 0 aliphatic carbocycles. The summed E-state index contributed by atoms with van der Waals surface area (Å²) in [6.45, 7) is 0.545. The minimum absolute atomic E-state index is 0.176. The molecule has 0 unspecified atom stereocenters. The lowest BCUT2D eigenvalue weighted by Crippen LogP contribution is -1.91. The molecule has 0 saturated heterocycles. The van der Waals surface area contributed by atoms with Gasteiger partial charge in [0.1, 0.15) is 5.82 Å². The fourth-order valence-electron chi connectivity index (χ4n) is 2.11. The first-order valence-corrected chi connectivity index (χ1v) is 6.57. The molecule has 0 fully saturated rings. The molecule has 3 rings (SSSR count). The van der Waals surface area contributed by atoms with Gasteiger partial charge in [0, 0.05) is 21.7 Å². The molecule has 0 atom stereocenters. The highest BCUT2D eigenvalue weighted by Gasteiger charge is 2.08. The molecule has 2 N–H and O–H groups in total. The van der Waals surface area contributed by atoms with E-state index in [-0.39, 0.29) is 5.82 Å². The van der Waals surface area contributed by atoms with Crippen molar-refractivity contribution in [1.82, 2.24) is 0 Å². The van der Waals surface area contributed by atoms with Gasteiger partial charge in [-0.25, -0.2) is 4.39 Å². The zero-order valence-electron chi connectivity index (χ0n) is 9.69. The van der Waals surface area contributed by atoms with E-state index < -0.39 is 0 Å². The van der Waals surface area contributed by atoms with Gasteiger partial charge in [-0.3, -0.25) is 0 Å². The van der Waals surface area contributed by atoms with E-state index in [9.17, 15) is 4.39 Å². The van der Waals surface area contributed by atoms with E-state index in [1.807, 2.05) is 42.5 Å². The first-order valence-electron chi connectivity index (χ1n) is 5.76. The van der Waals surface area contributed by atoms with Gasteiger partial charge in [-0.1, -0.05) is 30.3 Å². The van der Waals surface area contributed by atoms with Gasteiger partial charge in [0.2, 0.25) is 0 Å². The van der Waals surface area contributed by atoms with Crippen LogP contribution in [0.15, 0.2) is 48.5 Å². The van der Waals surface area contributed by atoms with Crippen LogP contribution in [0, 0.1) is 5.82 Å². The van der Waals surface area contributed by atoms with Crippen LogP contribution in [-0.4, -0.2) is 0 Å². The monoisotopic (exact) mass is 257 g/mol. The van der Waals surface area contributed by atoms with Crippen LogP contribution >= 0.6 is 11.3 Å². The average molecular weight is 257 g/mol. The van der Waals surface area contributed by atoms with E-state index >= 15 is 0 Å². The third-order valence-corrected chi connectivity index (χ3v) is 4.14. The van der Waals surface area contributed by atoms with Crippen molar-refractivity contribution in [3.05, 3.63) is 59.2 Å². The Morgan fingerprint density at radius 2 is 1.72 bits per heavy atom. The SMILES string of the molecule is NCc1ccc(-c2ccc(F)c3ccccc23)s1. The summed E-state index contributed by atoms with van der Waals surface area (Å²) in [7, 11) is 0. The average Bonchev–Trinajstić information content (AvgIpc) is 2.88. The van der Waals surface area contributed by atoms with Crippen LogP contribution < -0.4 is 5.73 Å². The van der Waals surface area contributed by atoms with Gasteiger partial charge in [-0.2, -0.15) is 0 Å².